The Morgan fingerprint density at radius 2 is 1.81 bits per heavy atom. The maximum absolute atomic E-state index is 11.9. The minimum atomic E-state index is -3.45. The number of benzene rings is 1. The first-order valence-electron chi connectivity index (χ1n) is 6.38. The van der Waals surface area contributed by atoms with E-state index in [9.17, 15) is 8.42 Å². The van der Waals surface area contributed by atoms with Gasteiger partial charge in [0.15, 0.2) is 0 Å². The average molecular weight is 306 g/mol. The highest BCUT2D eigenvalue weighted by Gasteiger charge is 2.17. The SMILES string of the molecule is CN(C)S(=O)(=O)c1ccc(Nc2ccc(CN)cc2)nc1. The van der Waals surface area contributed by atoms with Gasteiger partial charge < -0.3 is 11.1 Å². The van der Waals surface area contributed by atoms with Crippen molar-refractivity contribution in [3.8, 4) is 0 Å². The number of nitrogens with two attached hydrogens (primary N) is 1. The lowest BCUT2D eigenvalue weighted by Gasteiger charge is -2.11. The summed E-state index contributed by atoms with van der Waals surface area (Å²) < 4.78 is 25.0. The fourth-order valence-electron chi connectivity index (χ4n) is 1.69. The summed E-state index contributed by atoms with van der Waals surface area (Å²) in [4.78, 5) is 4.29. The van der Waals surface area contributed by atoms with Crippen LogP contribution in [0.3, 0.4) is 0 Å². The third kappa shape index (κ3) is 3.57. The van der Waals surface area contributed by atoms with Crippen LogP contribution >= 0.6 is 0 Å². The van der Waals surface area contributed by atoms with Gasteiger partial charge in [-0.15, -0.1) is 0 Å². The second-order valence-electron chi connectivity index (χ2n) is 4.69. The normalized spacial score (nSPS) is 11.6. The van der Waals surface area contributed by atoms with E-state index in [1.54, 1.807) is 6.07 Å². The zero-order chi connectivity index (χ0) is 15.5. The lowest BCUT2D eigenvalue weighted by atomic mass is 10.2. The quantitative estimate of drug-likeness (QED) is 0.874. The number of nitrogens with one attached hydrogen (secondary N) is 1. The van der Waals surface area contributed by atoms with E-state index in [0.717, 1.165) is 15.6 Å². The van der Waals surface area contributed by atoms with Gasteiger partial charge in [-0.1, -0.05) is 12.1 Å². The molecule has 0 aliphatic heterocycles. The topological polar surface area (TPSA) is 88.3 Å². The number of rotatable bonds is 5. The Balaban J connectivity index is 2.15. The summed E-state index contributed by atoms with van der Waals surface area (Å²) in [6.07, 6.45) is 1.34. The first kappa shape index (κ1) is 15.4. The molecule has 0 bridgehead atoms. The van der Waals surface area contributed by atoms with Gasteiger partial charge in [0.1, 0.15) is 10.7 Å². The van der Waals surface area contributed by atoms with Gasteiger partial charge in [-0.3, -0.25) is 0 Å². The van der Waals surface area contributed by atoms with Crippen molar-refractivity contribution in [2.75, 3.05) is 19.4 Å². The molecular weight excluding hydrogens is 288 g/mol. The smallest absolute Gasteiger partial charge is 0.244 e. The molecule has 0 aliphatic rings. The van der Waals surface area contributed by atoms with Crippen molar-refractivity contribution in [1.29, 1.82) is 0 Å². The van der Waals surface area contributed by atoms with Gasteiger partial charge >= 0.3 is 0 Å². The van der Waals surface area contributed by atoms with E-state index >= 15 is 0 Å². The van der Waals surface area contributed by atoms with Crippen LogP contribution in [0.4, 0.5) is 11.5 Å². The minimum Gasteiger partial charge on any atom is -0.340 e. The van der Waals surface area contributed by atoms with E-state index in [4.69, 9.17) is 5.73 Å². The number of sulfonamides is 1. The van der Waals surface area contributed by atoms with Crippen LogP contribution in [0.1, 0.15) is 5.56 Å². The molecule has 0 fully saturated rings. The predicted molar refractivity (Wildman–Crippen MR) is 82.7 cm³/mol. The molecule has 0 spiro atoms. The Kier molecular flexibility index (Phi) is 4.56. The van der Waals surface area contributed by atoms with Crippen molar-refractivity contribution in [3.05, 3.63) is 48.2 Å². The average Bonchev–Trinajstić information content (AvgIpc) is 2.48. The first-order valence-corrected chi connectivity index (χ1v) is 7.82. The molecule has 112 valence electrons. The number of nitrogens with zero attached hydrogens (tertiary/aromatic N) is 2. The summed E-state index contributed by atoms with van der Waals surface area (Å²) in [5.74, 6) is 0.577. The predicted octanol–water partition coefficient (Wildman–Crippen LogP) is 1.53. The van der Waals surface area contributed by atoms with Crippen LogP contribution in [0, 0.1) is 0 Å². The molecule has 6 nitrogen and oxygen atoms in total. The Hall–Kier alpha value is -1.96. The highest BCUT2D eigenvalue weighted by atomic mass is 32.2. The molecule has 0 saturated heterocycles. The van der Waals surface area contributed by atoms with E-state index < -0.39 is 10.0 Å². The molecule has 0 amide bonds. The van der Waals surface area contributed by atoms with E-state index in [-0.39, 0.29) is 4.90 Å². The van der Waals surface area contributed by atoms with Crippen LogP contribution in [-0.4, -0.2) is 31.8 Å². The van der Waals surface area contributed by atoms with E-state index in [1.807, 2.05) is 24.3 Å². The van der Waals surface area contributed by atoms with Gasteiger partial charge in [0.25, 0.3) is 0 Å². The molecule has 0 radical (unpaired) electrons. The van der Waals surface area contributed by atoms with E-state index in [0.29, 0.717) is 12.4 Å². The van der Waals surface area contributed by atoms with Gasteiger partial charge in [0.05, 0.1) is 0 Å². The zero-order valence-corrected chi connectivity index (χ0v) is 12.8. The van der Waals surface area contributed by atoms with Crippen LogP contribution in [0.5, 0.6) is 0 Å². The van der Waals surface area contributed by atoms with Crippen LogP contribution in [-0.2, 0) is 16.6 Å². The molecule has 3 N–H and O–H groups in total. The molecule has 0 unspecified atom stereocenters. The second kappa shape index (κ2) is 6.21. The summed E-state index contributed by atoms with van der Waals surface area (Å²) in [5.41, 5.74) is 7.45. The molecule has 1 heterocycles. The molecule has 2 rings (SSSR count). The molecule has 0 aliphatic carbocycles. The van der Waals surface area contributed by atoms with Crippen molar-refractivity contribution in [2.45, 2.75) is 11.4 Å². The summed E-state index contributed by atoms with van der Waals surface area (Å²) >= 11 is 0. The molecular formula is C14H18N4O2S. The van der Waals surface area contributed by atoms with Crippen molar-refractivity contribution in [3.63, 3.8) is 0 Å². The molecule has 1 aromatic heterocycles. The van der Waals surface area contributed by atoms with Gasteiger partial charge in [0, 0.05) is 32.5 Å². The molecule has 1 aromatic carbocycles. The highest BCUT2D eigenvalue weighted by Crippen LogP contribution is 2.18. The number of hydrogen-bond acceptors (Lipinski definition) is 5. The van der Waals surface area contributed by atoms with Crippen LogP contribution in [0.2, 0.25) is 0 Å². The standard InChI is InChI=1S/C14H18N4O2S/c1-18(2)21(19,20)13-7-8-14(16-10-13)17-12-5-3-11(9-15)4-6-12/h3-8,10H,9,15H2,1-2H3,(H,16,17). The Labute approximate surface area is 124 Å². The summed E-state index contributed by atoms with van der Waals surface area (Å²) in [7, 11) is -0.473. The van der Waals surface area contributed by atoms with Crippen molar-refractivity contribution >= 4 is 21.5 Å². The number of anilines is 2. The summed E-state index contributed by atoms with van der Waals surface area (Å²) in [6, 6.07) is 10.8. The molecule has 21 heavy (non-hydrogen) atoms. The first-order chi connectivity index (χ1) is 9.93. The fraction of sp³-hybridized carbons (Fsp3) is 0.214. The maximum Gasteiger partial charge on any atom is 0.244 e. The lowest BCUT2D eigenvalue weighted by Crippen LogP contribution is -2.22. The van der Waals surface area contributed by atoms with Gasteiger partial charge in [0.2, 0.25) is 10.0 Å². The Bertz CT molecular complexity index is 695. The molecule has 0 saturated carbocycles. The molecule has 7 heteroatoms. The Morgan fingerprint density at radius 1 is 1.14 bits per heavy atom. The molecule has 2 aromatic rings. The maximum atomic E-state index is 11.9. The second-order valence-corrected chi connectivity index (χ2v) is 6.84. The van der Waals surface area contributed by atoms with Gasteiger partial charge in [-0.05, 0) is 29.8 Å². The fourth-order valence-corrected chi connectivity index (χ4v) is 2.54. The van der Waals surface area contributed by atoms with Crippen LogP contribution < -0.4 is 11.1 Å². The summed E-state index contributed by atoms with van der Waals surface area (Å²) in [5, 5.41) is 3.10. The lowest BCUT2D eigenvalue weighted by molar-refractivity contribution is 0.520. The number of pyridine rings is 1. The van der Waals surface area contributed by atoms with E-state index in [2.05, 4.69) is 10.3 Å². The van der Waals surface area contributed by atoms with Crippen LogP contribution in [0.15, 0.2) is 47.5 Å². The third-order valence-electron chi connectivity index (χ3n) is 2.98. The van der Waals surface area contributed by atoms with Gasteiger partial charge in [-0.25, -0.2) is 17.7 Å². The monoisotopic (exact) mass is 306 g/mol. The van der Waals surface area contributed by atoms with Crippen molar-refractivity contribution < 1.29 is 8.42 Å². The third-order valence-corrected chi connectivity index (χ3v) is 4.78. The Morgan fingerprint density at radius 3 is 2.29 bits per heavy atom. The largest absolute Gasteiger partial charge is 0.340 e. The number of aromatic nitrogens is 1. The minimum absolute atomic E-state index is 0.163. The van der Waals surface area contributed by atoms with Gasteiger partial charge in [-0.2, -0.15) is 0 Å². The van der Waals surface area contributed by atoms with Crippen molar-refractivity contribution in [1.82, 2.24) is 9.29 Å². The number of hydrogen-bond donors (Lipinski definition) is 2. The summed E-state index contributed by atoms with van der Waals surface area (Å²) in [6.45, 7) is 0.496. The molecule has 0 atom stereocenters. The van der Waals surface area contributed by atoms with Crippen molar-refractivity contribution in [2.24, 2.45) is 5.73 Å². The highest BCUT2D eigenvalue weighted by molar-refractivity contribution is 7.89. The van der Waals surface area contributed by atoms with E-state index in [1.165, 1.54) is 26.4 Å². The van der Waals surface area contributed by atoms with Crippen LogP contribution in [0.25, 0.3) is 0 Å². The zero-order valence-electron chi connectivity index (χ0n) is 11.9.